The number of halogens is 2. The second-order valence-corrected chi connectivity index (χ2v) is 5.35. The molecule has 1 nitrogen and oxygen atoms in total. The first kappa shape index (κ1) is 12.1. The van der Waals surface area contributed by atoms with E-state index < -0.39 is 0 Å². The van der Waals surface area contributed by atoms with Crippen LogP contribution in [0, 0.1) is 19.7 Å². The molecule has 2 rings (SSSR count). The fraction of sp³-hybridized carbons (Fsp3) is 0.538. The second kappa shape index (κ2) is 4.84. The molecule has 0 aromatic heterocycles. The Balaban J connectivity index is 2.40. The van der Waals surface area contributed by atoms with Crippen molar-refractivity contribution in [3.05, 3.63) is 33.0 Å². The van der Waals surface area contributed by atoms with E-state index in [9.17, 15) is 4.39 Å². The molecule has 1 unspecified atom stereocenters. The quantitative estimate of drug-likeness (QED) is 0.830. The molecule has 1 aromatic rings. The zero-order valence-electron chi connectivity index (χ0n) is 9.74. The SMILES string of the molecule is Cc1c(F)cc(C2CCCNC2)c(C)c1Br. The van der Waals surface area contributed by atoms with Gasteiger partial charge in [-0.25, -0.2) is 4.39 Å². The molecule has 0 amide bonds. The average Bonchev–Trinajstić information content (AvgIpc) is 2.32. The summed E-state index contributed by atoms with van der Waals surface area (Å²) in [5.41, 5.74) is 3.06. The highest BCUT2D eigenvalue weighted by Gasteiger charge is 2.20. The highest BCUT2D eigenvalue weighted by Crippen LogP contribution is 2.33. The van der Waals surface area contributed by atoms with E-state index in [1.165, 1.54) is 12.0 Å². The maximum atomic E-state index is 13.7. The van der Waals surface area contributed by atoms with Gasteiger partial charge < -0.3 is 5.32 Å². The van der Waals surface area contributed by atoms with Crippen LogP contribution in [0.5, 0.6) is 0 Å². The predicted octanol–water partition coefficient (Wildman–Crippen LogP) is 3.67. The van der Waals surface area contributed by atoms with Gasteiger partial charge in [-0.3, -0.25) is 0 Å². The molecule has 0 radical (unpaired) electrons. The van der Waals surface area contributed by atoms with Crippen LogP contribution in [0.4, 0.5) is 4.39 Å². The Bertz CT molecular complexity index is 397. The van der Waals surface area contributed by atoms with E-state index >= 15 is 0 Å². The van der Waals surface area contributed by atoms with E-state index in [4.69, 9.17) is 0 Å². The van der Waals surface area contributed by atoms with Crippen LogP contribution in [0.15, 0.2) is 10.5 Å². The van der Waals surface area contributed by atoms with Crippen molar-refractivity contribution in [2.24, 2.45) is 0 Å². The maximum absolute atomic E-state index is 13.7. The third-order valence-electron chi connectivity index (χ3n) is 3.47. The lowest BCUT2D eigenvalue weighted by molar-refractivity contribution is 0.458. The average molecular weight is 286 g/mol. The van der Waals surface area contributed by atoms with E-state index in [-0.39, 0.29) is 5.82 Å². The van der Waals surface area contributed by atoms with Gasteiger partial charge in [0.2, 0.25) is 0 Å². The highest BCUT2D eigenvalue weighted by molar-refractivity contribution is 9.10. The zero-order valence-corrected chi connectivity index (χ0v) is 11.3. The number of hydrogen-bond acceptors (Lipinski definition) is 1. The molecule has 0 bridgehead atoms. The van der Waals surface area contributed by atoms with Crippen molar-refractivity contribution in [1.82, 2.24) is 5.32 Å². The summed E-state index contributed by atoms with van der Waals surface area (Å²) in [6.45, 7) is 5.94. The van der Waals surface area contributed by atoms with Gasteiger partial charge in [0.1, 0.15) is 5.82 Å². The van der Waals surface area contributed by atoms with Crippen molar-refractivity contribution < 1.29 is 4.39 Å². The molecule has 1 heterocycles. The number of rotatable bonds is 1. The fourth-order valence-electron chi connectivity index (χ4n) is 2.41. The van der Waals surface area contributed by atoms with Crippen molar-refractivity contribution in [2.75, 3.05) is 13.1 Å². The molecule has 0 saturated carbocycles. The van der Waals surface area contributed by atoms with Crippen molar-refractivity contribution >= 4 is 15.9 Å². The van der Waals surface area contributed by atoms with Crippen LogP contribution >= 0.6 is 15.9 Å². The van der Waals surface area contributed by atoms with E-state index in [0.717, 1.165) is 29.5 Å². The number of hydrogen-bond donors (Lipinski definition) is 1. The van der Waals surface area contributed by atoms with Gasteiger partial charge >= 0.3 is 0 Å². The third kappa shape index (κ3) is 2.16. The van der Waals surface area contributed by atoms with E-state index in [2.05, 4.69) is 28.2 Å². The Morgan fingerprint density at radius 2 is 2.12 bits per heavy atom. The summed E-state index contributed by atoms with van der Waals surface area (Å²) in [4.78, 5) is 0. The minimum Gasteiger partial charge on any atom is -0.316 e. The van der Waals surface area contributed by atoms with Gasteiger partial charge in [0.25, 0.3) is 0 Å². The van der Waals surface area contributed by atoms with Gasteiger partial charge in [-0.05, 0) is 61.9 Å². The second-order valence-electron chi connectivity index (χ2n) is 4.55. The molecule has 1 N–H and O–H groups in total. The third-order valence-corrected chi connectivity index (χ3v) is 4.66. The van der Waals surface area contributed by atoms with Crippen LogP contribution < -0.4 is 5.32 Å². The van der Waals surface area contributed by atoms with Crippen LogP contribution in [0.2, 0.25) is 0 Å². The molecule has 1 fully saturated rings. The Morgan fingerprint density at radius 1 is 1.38 bits per heavy atom. The Hall–Kier alpha value is -0.410. The maximum Gasteiger partial charge on any atom is 0.127 e. The van der Waals surface area contributed by atoms with Gasteiger partial charge in [0.15, 0.2) is 0 Å². The fourth-order valence-corrected chi connectivity index (χ4v) is 2.83. The summed E-state index contributed by atoms with van der Waals surface area (Å²) in [7, 11) is 0. The van der Waals surface area contributed by atoms with Crippen LogP contribution in [-0.4, -0.2) is 13.1 Å². The van der Waals surface area contributed by atoms with E-state index in [0.29, 0.717) is 11.5 Å². The number of piperidine rings is 1. The summed E-state index contributed by atoms with van der Waals surface area (Å²) in [6, 6.07) is 1.72. The molecular weight excluding hydrogens is 269 g/mol. The Labute approximate surface area is 105 Å². The molecule has 88 valence electrons. The molecule has 1 saturated heterocycles. The van der Waals surface area contributed by atoms with E-state index in [1.807, 2.05) is 6.92 Å². The summed E-state index contributed by atoms with van der Waals surface area (Å²) in [6.07, 6.45) is 2.33. The minimum atomic E-state index is -0.0990. The Kier molecular flexibility index (Phi) is 3.65. The molecule has 1 aliphatic heterocycles. The highest BCUT2D eigenvalue weighted by atomic mass is 79.9. The van der Waals surface area contributed by atoms with Gasteiger partial charge in [-0.2, -0.15) is 0 Å². The van der Waals surface area contributed by atoms with Crippen molar-refractivity contribution in [3.8, 4) is 0 Å². The van der Waals surface area contributed by atoms with Crippen LogP contribution in [0.3, 0.4) is 0 Å². The smallest absolute Gasteiger partial charge is 0.127 e. The molecule has 0 spiro atoms. The van der Waals surface area contributed by atoms with Crippen LogP contribution in [-0.2, 0) is 0 Å². The Morgan fingerprint density at radius 3 is 2.75 bits per heavy atom. The topological polar surface area (TPSA) is 12.0 Å². The zero-order chi connectivity index (χ0) is 11.7. The molecule has 3 heteroatoms. The largest absolute Gasteiger partial charge is 0.316 e. The van der Waals surface area contributed by atoms with Crippen LogP contribution in [0.25, 0.3) is 0 Å². The predicted molar refractivity (Wildman–Crippen MR) is 68.4 cm³/mol. The standard InChI is InChI=1S/C13H17BrFN/c1-8-11(10-4-3-5-16-7-10)6-12(15)9(2)13(8)14/h6,10,16H,3-5,7H2,1-2H3. The lowest BCUT2D eigenvalue weighted by Gasteiger charge is -2.25. The van der Waals surface area contributed by atoms with Crippen LogP contribution in [0.1, 0.15) is 35.4 Å². The molecule has 16 heavy (non-hydrogen) atoms. The first-order valence-corrected chi connectivity index (χ1v) is 6.56. The molecular formula is C13H17BrFN. The summed E-state index contributed by atoms with van der Waals surface area (Å²) in [5, 5.41) is 3.38. The lowest BCUT2D eigenvalue weighted by Crippen LogP contribution is -2.28. The van der Waals surface area contributed by atoms with E-state index in [1.54, 1.807) is 6.07 Å². The lowest BCUT2D eigenvalue weighted by atomic mass is 9.88. The minimum absolute atomic E-state index is 0.0990. The van der Waals surface area contributed by atoms with Crippen molar-refractivity contribution in [1.29, 1.82) is 0 Å². The van der Waals surface area contributed by atoms with Gasteiger partial charge in [-0.1, -0.05) is 15.9 Å². The molecule has 1 aliphatic rings. The summed E-state index contributed by atoms with van der Waals surface area (Å²) < 4.78 is 14.6. The monoisotopic (exact) mass is 285 g/mol. The first-order valence-electron chi connectivity index (χ1n) is 5.77. The van der Waals surface area contributed by atoms with Gasteiger partial charge in [0, 0.05) is 11.0 Å². The van der Waals surface area contributed by atoms with Crippen molar-refractivity contribution in [2.45, 2.75) is 32.6 Å². The summed E-state index contributed by atoms with van der Waals surface area (Å²) >= 11 is 3.49. The normalized spacial score (nSPS) is 21.1. The summed E-state index contributed by atoms with van der Waals surface area (Å²) in [5.74, 6) is 0.359. The van der Waals surface area contributed by atoms with Crippen molar-refractivity contribution in [3.63, 3.8) is 0 Å². The van der Waals surface area contributed by atoms with Gasteiger partial charge in [-0.15, -0.1) is 0 Å². The molecule has 0 aliphatic carbocycles. The number of benzene rings is 1. The first-order chi connectivity index (χ1) is 7.61. The number of nitrogens with one attached hydrogen (secondary N) is 1. The molecule has 1 atom stereocenters. The van der Waals surface area contributed by atoms with Gasteiger partial charge in [0.05, 0.1) is 0 Å². The molecule has 1 aromatic carbocycles.